The number of ether oxygens (including phenoxy) is 1. The fourth-order valence-electron chi connectivity index (χ4n) is 2.97. The summed E-state index contributed by atoms with van der Waals surface area (Å²) in [5.74, 6) is -1.54. The molecular weight excluding hydrogens is 338 g/mol. The summed E-state index contributed by atoms with van der Waals surface area (Å²) in [5.41, 5.74) is 0.619. The third kappa shape index (κ3) is 4.72. The van der Waals surface area contributed by atoms with Crippen LogP contribution in [0.2, 0.25) is 0 Å². The highest BCUT2D eigenvalue weighted by Gasteiger charge is 2.38. The van der Waals surface area contributed by atoms with E-state index in [1.165, 1.54) is 16.9 Å². The fraction of sp³-hybridized carbons (Fsp3) is 0.500. The Bertz CT molecular complexity index is 677. The first-order chi connectivity index (χ1) is 12.3. The minimum Gasteiger partial charge on any atom is -0.495 e. The molecule has 1 fully saturated rings. The smallest absolute Gasteiger partial charge is 0.323 e. The van der Waals surface area contributed by atoms with Crippen molar-refractivity contribution in [2.45, 2.75) is 6.42 Å². The fourth-order valence-corrected chi connectivity index (χ4v) is 2.97. The van der Waals surface area contributed by atoms with Gasteiger partial charge >= 0.3 is 5.97 Å². The normalized spacial score (nSPS) is 16.8. The van der Waals surface area contributed by atoms with Gasteiger partial charge in [0.2, 0.25) is 11.8 Å². The van der Waals surface area contributed by atoms with Crippen molar-refractivity contribution < 1.29 is 24.2 Å². The topological polar surface area (TPSA) is 90.4 Å². The van der Waals surface area contributed by atoms with Crippen molar-refractivity contribution in [3.8, 4) is 5.75 Å². The molecule has 1 saturated heterocycles. The van der Waals surface area contributed by atoms with E-state index in [4.69, 9.17) is 9.84 Å². The van der Waals surface area contributed by atoms with Crippen LogP contribution >= 0.6 is 0 Å². The first-order valence-electron chi connectivity index (χ1n) is 8.42. The second-order valence-corrected chi connectivity index (χ2v) is 6.53. The van der Waals surface area contributed by atoms with Crippen LogP contribution in [0.4, 0.5) is 5.69 Å². The lowest BCUT2D eigenvalue weighted by Crippen LogP contribution is -2.43. The molecule has 1 N–H and O–H groups in total. The Morgan fingerprint density at radius 3 is 2.58 bits per heavy atom. The number of rotatable bonds is 8. The highest BCUT2D eigenvalue weighted by molar-refractivity contribution is 6.01. The van der Waals surface area contributed by atoms with Crippen LogP contribution in [0.15, 0.2) is 24.3 Å². The largest absolute Gasteiger partial charge is 0.495 e. The van der Waals surface area contributed by atoms with Crippen LogP contribution in [-0.4, -0.2) is 80.1 Å². The number of hydrogen-bond donors (Lipinski definition) is 1. The van der Waals surface area contributed by atoms with Crippen LogP contribution in [0.1, 0.15) is 6.42 Å². The molecule has 1 aliphatic rings. The van der Waals surface area contributed by atoms with Gasteiger partial charge in [0.05, 0.1) is 18.7 Å². The number of aliphatic carboxylic acids is 1. The Kier molecular flexibility index (Phi) is 6.57. The average Bonchev–Trinajstić information content (AvgIpc) is 2.99. The highest BCUT2D eigenvalue weighted by atomic mass is 16.5. The SMILES string of the molecule is COc1ccccc1N1C[C@@H](C(=O)N(CCN(C)C)CC(=O)O)CC1=O. The minimum absolute atomic E-state index is 0.0644. The van der Waals surface area contributed by atoms with E-state index in [1.807, 2.05) is 19.0 Å². The van der Waals surface area contributed by atoms with Gasteiger partial charge in [-0.3, -0.25) is 14.4 Å². The lowest BCUT2D eigenvalue weighted by molar-refractivity contribution is -0.146. The van der Waals surface area contributed by atoms with Gasteiger partial charge < -0.3 is 24.5 Å². The number of anilines is 1. The maximum Gasteiger partial charge on any atom is 0.323 e. The van der Waals surface area contributed by atoms with Crippen molar-refractivity contribution in [2.75, 3.05) is 52.3 Å². The molecule has 0 unspecified atom stereocenters. The lowest BCUT2D eigenvalue weighted by atomic mass is 10.1. The summed E-state index contributed by atoms with van der Waals surface area (Å²) in [5, 5.41) is 9.09. The average molecular weight is 363 g/mol. The van der Waals surface area contributed by atoms with E-state index < -0.39 is 11.9 Å². The molecule has 1 atom stereocenters. The number of benzene rings is 1. The molecule has 1 aliphatic heterocycles. The molecule has 1 aromatic rings. The molecule has 8 heteroatoms. The number of nitrogens with zero attached hydrogens (tertiary/aromatic N) is 3. The zero-order chi connectivity index (χ0) is 19.3. The Hall–Kier alpha value is -2.61. The monoisotopic (exact) mass is 363 g/mol. The number of carboxylic acid groups (broad SMARTS) is 1. The van der Waals surface area contributed by atoms with Crippen molar-refractivity contribution in [3.63, 3.8) is 0 Å². The van der Waals surface area contributed by atoms with Crippen LogP contribution < -0.4 is 9.64 Å². The van der Waals surface area contributed by atoms with Crippen molar-refractivity contribution >= 4 is 23.5 Å². The predicted molar refractivity (Wildman–Crippen MR) is 96.2 cm³/mol. The number of carboxylic acids is 1. The number of amides is 2. The number of hydrogen-bond acceptors (Lipinski definition) is 5. The van der Waals surface area contributed by atoms with Crippen molar-refractivity contribution in [1.82, 2.24) is 9.80 Å². The number of likely N-dealkylation sites (N-methyl/N-ethyl adjacent to an activating group) is 1. The second kappa shape index (κ2) is 8.66. The van der Waals surface area contributed by atoms with E-state index in [2.05, 4.69) is 0 Å². The molecular formula is C18H25N3O5. The molecule has 2 rings (SSSR count). The van der Waals surface area contributed by atoms with Crippen LogP contribution in [0, 0.1) is 5.92 Å². The van der Waals surface area contributed by atoms with Crippen LogP contribution in [0.3, 0.4) is 0 Å². The number of para-hydroxylation sites is 2. The van der Waals surface area contributed by atoms with Crippen LogP contribution in [-0.2, 0) is 14.4 Å². The maximum atomic E-state index is 12.8. The molecule has 142 valence electrons. The first kappa shape index (κ1) is 19.7. The molecule has 1 aromatic carbocycles. The molecule has 0 aliphatic carbocycles. The van der Waals surface area contributed by atoms with E-state index in [0.717, 1.165) is 0 Å². The lowest BCUT2D eigenvalue weighted by Gasteiger charge is -2.25. The van der Waals surface area contributed by atoms with Gasteiger partial charge in [-0.05, 0) is 26.2 Å². The van der Waals surface area contributed by atoms with E-state index in [0.29, 0.717) is 24.5 Å². The zero-order valence-electron chi connectivity index (χ0n) is 15.3. The second-order valence-electron chi connectivity index (χ2n) is 6.53. The van der Waals surface area contributed by atoms with Gasteiger partial charge in [-0.1, -0.05) is 12.1 Å². The van der Waals surface area contributed by atoms with E-state index >= 15 is 0 Å². The summed E-state index contributed by atoms with van der Waals surface area (Å²) in [7, 11) is 5.23. The molecule has 0 spiro atoms. The Morgan fingerprint density at radius 2 is 1.96 bits per heavy atom. The van der Waals surface area contributed by atoms with Gasteiger partial charge in [0.25, 0.3) is 0 Å². The molecule has 0 aromatic heterocycles. The van der Waals surface area contributed by atoms with Crippen molar-refractivity contribution in [3.05, 3.63) is 24.3 Å². The summed E-state index contributed by atoms with van der Waals surface area (Å²) in [6.45, 7) is 0.704. The van der Waals surface area contributed by atoms with Crippen LogP contribution in [0.5, 0.6) is 5.75 Å². The van der Waals surface area contributed by atoms with E-state index in [1.54, 1.807) is 24.3 Å². The molecule has 2 amide bonds. The number of carbonyl (C=O) groups is 3. The third-order valence-electron chi connectivity index (χ3n) is 4.31. The Morgan fingerprint density at radius 1 is 1.27 bits per heavy atom. The zero-order valence-corrected chi connectivity index (χ0v) is 15.3. The van der Waals surface area contributed by atoms with E-state index in [9.17, 15) is 14.4 Å². The minimum atomic E-state index is -1.07. The molecule has 0 bridgehead atoms. The molecule has 0 radical (unpaired) electrons. The summed E-state index contributed by atoms with van der Waals surface area (Å²) in [4.78, 5) is 41.1. The summed E-state index contributed by atoms with van der Waals surface area (Å²) < 4.78 is 5.29. The summed E-state index contributed by atoms with van der Waals surface area (Å²) >= 11 is 0. The Balaban J connectivity index is 2.14. The van der Waals surface area contributed by atoms with Gasteiger partial charge in [0.1, 0.15) is 12.3 Å². The van der Waals surface area contributed by atoms with Gasteiger partial charge in [-0.15, -0.1) is 0 Å². The van der Waals surface area contributed by atoms with Crippen molar-refractivity contribution in [1.29, 1.82) is 0 Å². The molecule has 8 nitrogen and oxygen atoms in total. The van der Waals surface area contributed by atoms with Crippen molar-refractivity contribution in [2.24, 2.45) is 5.92 Å². The first-order valence-corrected chi connectivity index (χ1v) is 8.42. The maximum absolute atomic E-state index is 12.8. The Labute approximate surface area is 152 Å². The predicted octanol–water partition coefficient (Wildman–Crippen LogP) is 0.523. The van der Waals surface area contributed by atoms with Gasteiger partial charge in [0, 0.05) is 26.1 Å². The molecule has 26 heavy (non-hydrogen) atoms. The third-order valence-corrected chi connectivity index (χ3v) is 4.31. The van der Waals surface area contributed by atoms with Gasteiger partial charge in [-0.25, -0.2) is 0 Å². The van der Waals surface area contributed by atoms with E-state index in [-0.39, 0.29) is 31.3 Å². The molecule has 0 saturated carbocycles. The summed E-state index contributed by atoms with van der Waals surface area (Å²) in [6, 6.07) is 7.13. The number of methoxy groups -OCH3 is 1. The van der Waals surface area contributed by atoms with Gasteiger partial charge in [0.15, 0.2) is 0 Å². The van der Waals surface area contributed by atoms with Crippen LogP contribution in [0.25, 0.3) is 0 Å². The highest BCUT2D eigenvalue weighted by Crippen LogP contribution is 2.33. The number of carbonyl (C=O) groups excluding carboxylic acids is 2. The standard InChI is InChI=1S/C18H25N3O5/c1-19(2)8-9-20(12-17(23)24)18(25)13-10-16(22)21(11-13)14-6-4-5-7-15(14)26-3/h4-7,13H,8-12H2,1-3H3,(H,23,24)/t13-/m0/s1. The summed E-state index contributed by atoms with van der Waals surface area (Å²) in [6.07, 6.45) is 0.0644. The molecule has 1 heterocycles. The van der Waals surface area contributed by atoms with Gasteiger partial charge in [-0.2, -0.15) is 0 Å². The quantitative estimate of drug-likeness (QED) is 0.724.